The van der Waals surface area contributed by atoms with Gasteiger partial charge in [-0.3, -0.25) is 0 Å². The summed E-state index contributed by atoms with van der Waals surface area (Å²) >= 11 is 0. The second kappa shape index (κ2) is 4.63. The van der Waals surface area contributed by atoms with E-state index >= 15 is 0 Å². The molecule has 1 saturated carbocycles. The van der Waals surface area contributed by atoms with E-state index in [0.717, 1.165) is 6.04 Å². The summed E-state index contributed by atoms with van der Waals surface area (Å²) in [5.41, 5.74) is 0.412. The second-order valence-electron chi connectivity index (χ2n) is 5.87. The third-order valence-corrected chi connectivity index (χ3v) is 3.14. The molecule has 1 N–H and O–H groups in total. The lowest BCUT2D eigenvalue weighted by Crippen LogP contribution is -2.46. The molecule has 0 bridgehead atoms. The van der Waals surface area contributed by atoms with Crippen molar-refractivity contribution in [3.63, 3.8) is 0 Å². The molecule has 1 fully saturated rings. The SMILES string of the molecule is CNC1CCCC1N(C)CC(C)(C)C. The third-order valence-electron chi connectivity index (χ3n) is 3.14. The van der Waals surface area contributed by atoms with Crippen LogP contribution in [-0.4, -0.2) is 37.6 Å². The standard InChI is InChI=1S/C12H26N2/c1-12(2,3)9-14(5)11-8-6-7-10(11)13-4/h10-11,13H,6-9H2,1-5H3. The number of nitrogens with one attached hydrogen (secondary N) is 1. The Kier molecular flexibility index (Phi) is 3.96. The number of hydrogen-bond donors (Lipinski definition) is 1. The molecule has 1 rings (SSSR count). The molecule has 0 amide bonds. The highest BCUT2D eigenvalue weighted by Gasteiger charge is 2.30. The molecule has 84 valence electrons. The third kappa shape index (κ3) is 3.25. The summed E-state index contributed by atoms with van der Waals surface area (Å²) in [6.07, 6.45) is 4.08. The monoisotopic (exact) mass is 198 g/mol. The van der Waals surface area contributed by atoms with Crippen molar-refractivity contribution in [3.05, 3.63) is 0 Å². The van der Waals surface area contributed by atoms with Gasteiger partial charge >= 0.3 is 0 Å². The molecular formula is C12H26N2. The summed E-state index contributed by atoms with van der Waals surface area (Å²) in [5.74, 6) is 0. The lowest BCUT2D eigenvalue weighted by Gasteiger charge is -2.34. The smallest absolute Gasteiger partial charge is 0.0246 e. The molecule has 0 saturated heterocycles. The van der Waals surface area contributed by atoms with Gasteiger partial charge in [-0.25, -0.2) is 0 Å². The molecule has 2 heteroatoms. The Morgan fingerprint density at radius 2 is 1.93 bits per heavy atom. The van der Waals surface area contributed by atoms with Crippen LogP contribution in [0.25, 0.3) is 0 Å². The number of nitrogens with zero attached hydrogens (tertiary/aromatic N) is 1. The zero-order valence-corrected chi connectivity index (χ0v) is 10.4. The lowest BCUT2D eigenvalue weighted by atomic mass is 9.95. The van der Waals surface area contributed by atoms with E-state index in [0.29, 0.717) is 11.5 Å². The highest BCUT2D eigenvalue weighted by atomic mass is 15.2. The van der Waals surface area contributed by atoms with Crippen molar-refractivity contribution in [3.8, 4) is 0 Å². The summed E-state index contributed by atoms with van der Waals surface area (Å²) in [6, 6.07) is 1.46. The van der Waals surface area contributed by atoms with Crippen molar-refractivity contribution >= 4 is 0 Å². The minimum Gasteiger partial charge on any atom is -0.315 e. The lowest BCUT2D eigenvalue weighted by molar-refractivity contribution is 0.156. The van der Waals surface area contributed by atoms with Gasteiger partial charge in [0.1, 0.15) is 0 Å². The van der Waals surface area contributed by atoms with Crippen LogP contribution in [0.5, 0.6) is 0 Å². The molecule has 0 aromatic rings. The van der Waals surface area contributed by atoms with E-state index < -0.39 is 0 Å². The first-order valence-corrected chi connectivity index (χ1v) is 5.81. The topological polar surface area (TPSA) is 15.3 Å². The van der Waals surface area contributed by atoms with Crippen LogP contribution in [0.3, 0.4) is 0 Å². The Hall–Kier alpha value is -0.0800. The van der Waals surface area contributed by atoms with Crippen molar-refractivity contribution in [2.45, 2.75) is 52.1 Å². The molecule has 1 aliphatic carbocycles. The molecule has 0 aromatic carbocycles. The molecular weight excluding hydrogens is 172 g/mol. The van der Waals surface area contributed by atoms with Crippen LogP contribution < -0.4 is 5.32 Å². The van der Waals surface area contributed by atoms with Crippen molar-refractivity contribution in [2.75, 3.05) is 20.6 Å². The van der Waals surface area contributed by atoms with Gasteiger partial charge in [-0.15, -0.1) is 0 Å². The van der Waals surface area contributed by atoms with Gasteiger partial charge in [-0.1, -0.05) is 27.2 Å². The molecule has 0 spiro atoms. The zero-order valence-electron chi connectivity index (χ0n) is 10.4. The Morgan fingerprint density at radius 3 is 2.43 bits per heavy atom. The number of likely N-dealkylation sites (N-methyl/N-ethyl adjacent to an activating group) is 2. The average Bonchev–Trinajstić information content (AvgIpc) is 2.47. The van der Waals surface area contributed by atoms with Gasteiger partial charge in [0.05, 0.1) is 0 Å². The van der Waals surface area contributed by atoms with Crippen LogP contribution in [-0.2, 0) is 0 Å². The Balaban J connectivity index is 2.47. The Bertz CT molecular complexity index is 172. The Labute approximate surface area is 89.1 Å². The molecule has 0 radical (unpaired) electrons. The number of rotatable bonds is 3. The van der Waals surface area contributed by atoms with Crippen molar-refractivity contribution < 1.29 is 0 Å². The van der Waals surface area contributed by atoms with Crippen molar-refractivity contribution in [1.82, 2.24) is 10.2 Å². The minimum atomic E-state index is 0.412. The van der Waals surface area contributed by atoms with Crippen LogP contribution in [0, 0.1) is 5.41 Å². The van der Waals surface area contributed by atoms with Gasteiger partial charge in [0.15, 0.2) is 0 Å². The number of hydrogen-bond acceptors (Lipinski definition) is 2. The van der Waals surface area contributed by atoms with Gasteiger partial charge in [-0.2, -0.15) is 0 Å². The van der Waals surface area contributed by atoms with Crippen LogP contribution in [0.4, 0.5) is 0 Å². The maximum absolute atomic E-state index is 3.44. The van der Waals surface area contributed by atoms with E-state index in [-0.39, 0.29) is 0 Å². The molecule has 1 aliphatic rings. The maximum Gasteiger partial charge on any atom is 0.0246 e. The van der Waals surface area contributed by atoms with E-state index in [2.05, 4.69) is 45.1 Å². The summed E-state index contributed by atoms with van der Waals surface area (Å²) in [6.45, 7) is 8.13. The quantitative estimate of drug-likeness (QED) is 0.747. The van der Waals surface area contributed by atoms with Gasteiger partial charge in [0.2, 0.25) is 0 Å². The average molecular weight is 198 g/mol. The minimum absolute atomic E-state index is 0.412. The van der Waals surface area contributed by atoms with E-state index in [1.165, 1.54) is 25.8 Å². The Morgan fingerprint density at radius 1 is 1.29 bits per heavy atom. The fourth-order valence-electron chi connectivity index (χ4n) is 2.67. The molecule has 2 atom stereocenters. The molecule has 0 aliphatic heterocycles. The first-order valence-electron chi connectivity index (χ1n) is 5.81. The van der Waals surface area contributed by atoms with Gasteiger partial charge in [-0.05, 0) is 32.4 Å². The van der Waals surface area contributed by atoms with E-state index in [9.17, 15) is 0 Å². The fraction of sp³-hybridized carbons (Fsp3) is 1.00. The highest BCUT2D eigenvalue weighted by Crippen LogP contribution is 2.25. The molecule has 0 aromatic heterocycles. The van der Waals surface area contributed by atoms with Crippen LogP contribution in [0.1, 0.15) is 40.0 Å². The zero-order chi connectivity index (χ0) is 10.8. The van der Waals surface area contributed by atoms with Crippen molar-refractivity contribution in [1.29, 1.82) is 0 Å². The summed E-state index contributed by atoms with van der Waals surface area (Å²) in [4.78, 5) is 2.54. The van der Waals surface area contributed by atoms with E-state index in [1.807, 2.05) is 0 Å². The summed E-state index contributed by atoms with van der Waals surface area (Å²) in [5, 5.41) is 3.44. The summed E-state index contributed by atoms with van der Waals surface area (Å²) < 4.78 is 0. The first kappa shape index (κ1) is 12.0. The first-order chi connectivity index (χ1) is 6.44. The van der Waals surface area contributed by atoms with E-state index in [1.54, 1.807) is 0 Å². The second-order valence-corrected chi connectivity index (χ2v) is 5.87. The van der Waals surface area contributed by atoms with E-state index in [4.69, 9.17) is 0 Å². The van der Waals surface area contributed by atoms with Gasteiger partial charge < -0.3 is 10.2 Å². The highest BCUT2D eigenvalue weighted by molar-refractivity contribution is 4.89. The largest absolute Gasteiger partial charge is 0.315 e. The molecule has 14 heavy (non-hydrogen) atoms. The van der Waals surface area contributed by atoms with Gasteiger partial charge in [0.25, 0.3) is 0 Å². The van der Waals surface area contributed by atoms with Gasteiger partial charge in [0, 0.05) is 18.6 Å². The molecule has 0 heterocycles. The van der Waals surface area contributed by atoms with Crippen LogP contribution in [0.15, 0.2) is 0 Å². The van der Waals surface area contributed by atoms with Crippen LogP contribution >= 0.6 is 0 Å². The van der Waals surface area contributed by atoms with Crippen LogP contribution in [0.2, 0.25) is 0 Å². The maximum atomic E-state index is 3.44. The van der Waals surface area contributed by atoms with Crippen molar-refractivity contribution in [2.24, 2.45) is 5.41 Å². The predicted octanol–water partition coefficient (Wildman–Crippen LogP) is 2.10. The predicted molar refractivity (Wildman–Crippen MR) is 62.6 cm³/mol. The fourth-order valence-corrected chi connectivity index (χ4v) is 2.67. The summed E-state index contributed by atoms with van der Waals surface area (Å²) in [7, 11) is 4.36. The molecule has 2 unspecified atom stereocenters. The normalized spacial score (nSPS) is 28.7. The molecule has 2 nitrogen and oxygen atoms in total.